The van der Waals surface area contributed by atoms with Crippen LogP contribution in [0.3, 0.4) is 0 Å². The van der Waals surface area contributed by atoms with Crippen molar-refractivity contribution >= 4 is 11.9 Å². The van der Waals surface area contributed by atoms with Gasteiger partial charge in [-0.2, -0.15) is 0 Å². The summed E-state index contributed by atoms with van der Waals surface area (Å²) >= 11 is 0. The molecule has 6 nitrogen and oxygen atoms in total. The quantitative estimate of drug-likeness (QED) is 0.432. The number of carbonyl (C=O) groups excluding carboxylic acids is 1. The molecule has 0 aliphatic carbocycles. The van der Waals surface area contributed by atoms with Crippen LogP contribution in [0.2, 0.25) is 0 Å². The van der Waals surface area contributed by atoms with Crippen molar-refractivity contribution < 1.29 is 36.4 Å². The third-order valence-corrected chi connectivity index (χ3v) is 1.68. The summed E-state index contributed by atoms with van der Waals surface area (Å²) in [7, 11) is 0. The van der Waals surface area contributed by atoms with Crippen LogP contribution in [0.4, 0.5) is 0 Å². The number of imidazole rings is 1. The Labute approximate surface area is 98.9 Å². The van der Waals surface area contributed by atoms with Crippen molar-refractivity contribution in [3.05, 3.63) is 18.7 Å². The number of carbonyl (C=O) groups is 2. The smallest absolute Gasteiger partial charge is 0.348 e. The number of aliphatic carboxylic acids is 1. The van der Waals surface area contributed by atoms with Gasteiger partial charge in [0.05, 0.1) is 6.61 Å². The SMILES string of the molecule is CCOC(=O)Cn1cc[n+](CC(=O)O)c1.[Cl-]. The number of carboxylic acids is 1. The summed E-state index contributed by atoms with van der Waals surface area (Å²) in [6, 6.07) is 0. The van der Waals surface area contributed by atoms with Crippen molar-refractivity contribution in [2.24, 2.45) is 0 Å². The van der Waals surface area contributed by atoms with Crippen molar-refractivity contribution in [1.29, 1.82) is 0 Å². The van der Waals surface area contributed by atoms with E-state index in [-0.39, 0.29) is 31.5 Å². The zero-order chi connectivity index (χ0) is 11.3. The summed E-state index contributed by atoms with van der Waals surface area (Å²) in [5, 5.41) is 8.52. The molecule has 16 heavy (non-hydrogen) atoms. The van der Waals surface area contributed by atoms with E-state index in [9.17, 15) is 9.59 Å². The van der Waals surface area contributed by atoms with Gasteiger partial charge in [0.2, 0.25) is 6.33 Å². The molecule has 1 N–H and O–H groups in total. The predicted octanol–water partition coefficient (Wildman–Crippen LogP) is -3.57. The normalized spacial score (nSPS) is 9.31. The zero-order valence-corrected chi connectivity index (χ0v) is 9.55. The molecule has 0 atom stereocenters. The van der Waals surface area contributed by atoms with E-state index in [4.69, 9.17) is 9.84 Å². The number of esters is 1. The summed E-state index contributed by atoms with van der Waals surface area (Å²) in [4.78, 5) is 21.5. The molecule has 90 valence electrons. The molecular formula is C9H13ClN2O4. The predicted molar refractivity (Wildman–Crippen MR) is 48.9 cm³/mol. The van der Waals surface area contributed by atoms with Gasteiger partial charge in [0.15, 0.2) is 13.1 Å². The molecule has 1 rings (SSSR count). The third kappa shape index (κ3) is 4.79. The fourth-order valence-electron chi connectivity index (χ4n) is 1.14. The van der Waals surface area contributed by atoms with E-state index in [0.717, 1.165) is 0 Å². The van der Waals surface area contributed by atoms with Gasteiger partial charge in [0.25, 0.3) is 0 Å². The van der Waals surface area contributed by atoms with Crippen LogP contribution in [-0.4, -0.2) is 28.2 Å². The highest BCUT2D eigenvalue weighted by Crippen LogP contribution is 1.88. The van der Waals surface area contributed by atoms with Gasteiger partial charge in [-0.3, -0.25) is 0 Å². The highest BCUT2D eigenvalue weighted by molar-refractivity contribution is 5.69. The van der Waals surface area contributed by atoms with Gasteiger partial charge in [-0.25, -0.2) is 18.7 Å². The molecule has 0 spiro atoms. The van der Waals surface area contributed by atoms with Crippen molar-refractivity contribution in [3.63, 3.8) is 0 Å². The lowest BCUT2D eigenvalue weighted by Gasteiger charge is -1.97. The first-order chi connectivity index (χ1) is 7.11. The Morgan fingerprint density at radius 3 is 2.75 bits per heavy atom. The Hall–Kier alpha value is -1.56. The van der Waals surface area contributed by atoms with Crippen molar-refractivity contribution in [2.75, 3.05) is 6.61 Å². The Bertz CT molecular complexity index is 364. The minimum Gasteiger partial charge on any atom is -1.00 e. The summed E-state index contributed by atoms with van der Waals surface area (Å²) in [5.41, 5.74) is 0. The third-order valence-electron chi connectivity index (χ3n) is 1.68. The number of aromatic nitrogens is 2. The van der Waals surface area contributed by atoms with Crippen LogP contribution in [0.15, 0.2) is 18.7 Å². The van der Waals surface area contributed by atoms with E-state index in [1.807, 2.05) is 0 Å². The average molecular weight is 249 g/mol. The first-order valence-electron chi connectivity index (χ1n) is 4.54. The number of halogens is 1. The van der Waals surface area contributed by atoms with Crippen LogP contribution in [-0.2, 0) is 27.4 Å². The van der Waals surface area contributed by atoms with Crippen LogP contribution >= 0.6 is 0 Å². The van der Waals surface area contributed by atoms with E-state index in [0.29, 0.717) is 6.61 Å². The molecular weight excluding hydrogens is 236 g/mol. The highest BCUT2D eigenvalue weighted by Gasteiger charge is 2.11. The second-order valence-corrected chi connectivity index (χ2v) is 2.96. The maximum atomic E-state index is 11.1. The lowest BCUT2D eigenvalue weighted by atomic mass is 10.6. The number of nitrogens with zero attached hydrogens (tertiary/aromatic N) is 2. The molecule has 0 aliphatic heterocycles. The minimum atomic E-state index is -0.922. The molecule has 0 saturated carbocycles. The second kappa shape index (κ2) is 6.84. The molecule has 0 radical (unpaired) electrons. The molecule has 0 bridgehead atoms. The number of rotatable bonds is 5. The van der Waals surface area contributed by atoms with Gasteiger partial charge in [-0.05, 0) is 6.92 Å². The molecule has 0 fully saturated rings. The van der Waals surface area contributed by atoms with Gasteiger partial charge in [0, 0.05) is 0 Å². The van der Waals surface area contributed by atoms with Crippen molar-refractivity contribution in [2.45, 2.75) is 20.0 Å². The summed E-state index contributed by atoms with van der Waals surface area (Å²) < 4.78 is 7.79. The lowest BCUT2D eigenvalue weighted by molar-refractivity contribution is -0.685. The zero-order valence-electron chi connectivity index (χ0n) is 8.80. The average Bonchev–Trinajstić information content (AvgIpc) is 2.51. The topological polar surface area (TPSA) is 72.4 Å². The summed E-state index contributed by atoms with van der Waals surface area (Å²) in [5.74, 6) is -1.26. The van der Waals surface area contributed by atoms with E-state index < -0.39 is 5.97 Å². The molecule has 1 aromatic heterocycles. The highest BCUT2D eigenvalue weighted by atomic mass is 35.5. The Morgan fingerprint density at radius 2 is 2.19 bits per heavy atom. The number of hydrogen-bond donors (Lipinski definition) is 1. The molecule has 0 unspecified atom stereocenters. The lowest BCUT2D eigenvalue weighted by Crippen LogP contribution is -3.00. The van der Waals surface area contributed by atoms with Crippen LogP contribution in [0, 0.1) is 0 Å². The van der Waals surface area contributed by atoms with E-state index in [1.54, 1.807) is 30.2 Å². The molecule has 0 saturated heterocycles. The fourth-order valence-corrected chi connectivity index (χ4v) is 1.14. The number of carboxylic acid groups (broad SMARTS) is 1. The molecule has 1 aromatic rings. The summed E-state index contributed by atoms with van der Waals surface area (Å²) in [6.07, 6.45) is 4.76. The van der Waals surface area contributed by atoms with Gasteiger partial charge in [-0.15, -0.1) is 0 Å². The van der Waals surface area contributed by atoms with Crippen LogP contribution in [0.5, 0.6) is 0 Å². The van der Waals surface area contributed by atoms with E-state index >= 15 is 0 Å². The first-order valence-corrected chi connectivity index (χ1v) is 4.54. The molecule has 7 heteroatoms. The minimum absolute atomic E-state index is 0. The van der Waals surface area contributed by atoms with Crippen molar-refractivity contribution in [1.82, 2.24) is 4.57 Å². The van der Waals surface area contributed by atoms with Gasteiger partial charge in [0.1, 0.15) is 12.4 Å². The second-order valence-electron chi connectivity index (χ2n) is 2.96. The molecule has 1 heterocycles. The maximum absolute atomic E-state index is 11.1. The maximum Gasteiger partial charge on any atom is 0.348 e. The number of hydrogen-bond acceptors (Lipinski definition) is 3. The first kappa shape index (κ1) is 14.4. The Balaban J connectivity index is 0.00000225. The fraction of sp³-hybridized carbons (Fsp3) is 0.444. The molecule has 0 aromatic carbocycles. The van der Waals surface area contributed by atoms with Gasteiger partial charge in [-0.1, -0.05) is 0 Å². The Kier molecular flexibility index (Phi) is 6.17. The van der Waals surface area contributed by atoms with Crippen molar-refractivity contribution in [3.8, 4) is 0 Å². The molecule has 0 aliphatic rings. The van der Waals surface area contributed by atoms with Crippen LogP contribution in [0.1, 0.15) is 6.92 Å². The van der Waals surface area contributed by atoms with Crippen LogP contribution in [0.25, 0.3) is 0 Å². The van der Waals surface area contributed by atoms with Crippen LogP contribution < -0.4 is 17.0 Å². The van der Waals surface area contributed by atoms with E-state index in [1.165, 1.54) is 4.57 Å². The number of ether oxygens (including phenoxy) is 1. The Morgan fingerprint density at radius 1 is 1.50 bits per heavy atom. The van der Waals surface area contributed by atoms with Gasteiger partial charge >= 0.3 is 11.9 Å². The standard InChI is InChI=1S/C9H12N2O4.ClH/c1-2-15-9(14)6-11-4-3-10(7-11)5-8(12)13;/h3-4,7H,2,5-6H2,1H3;1H. The molecule has 0 amide bonds. The van der Waals surface area contributed by atoms with Gasteiger partial charge < -0.3 is 22.3 Å². The monoisotopic (exact) mass is 248 g/mol. The van der Waals surface area contributed by atoms with E-state index in [2.05, 4.69) is 0 Å². The summed E-state index contributed by atoms with van der Waals surface area (Å²) in [6.45, 7) is 2.06. The largest absolute Gasteiger partial charge is 1.00 e.